The standard InChI is InChI=1S/C17H23.C17H17.C8H8.2ClH.Zr/c1-11-3-4-14(5-11)17(2)15-7-12-6-13(9-15)10-16(17)8-12;1-10-5-14-9-15-6-11(2)13(4)8-17(15)16(14)7-12(10)3;1-2-8-6-4-3-5-7-8;;;/h4-5,11-13,15-16H,6-10H2,1-2H3;5,7-8H,9H2,1-4H3;3-7H,1H3;2*1H;/q;;;;;+2/p-2. The minimum Gasteiger partial charge on any atom is -1.00 e. The van der Waals surface area contributed by atoms with E-state index in [0.717, 1.165) is 30.1 Å². The molecule has 1 atom stereocenters. The second kappa shape index (κ2) is 12.2. The summed E-state index contributed by atoms with van der Waals surface area (Å²) >= 11 is -2.56. The average Bonchev–Trinajstić information content (AvgIpc) is 3.54. The number of hydrogen-bond donors (Lipinski definition) is 0. The van der Waals surface area contributed by atoms with E-state index in [1.807, 2.05) is 3.28 Å². The monoisotopic (exact) mass is 712 g/mol. The SMILES string of the molecule is C/[C](c1ccccc1)=[Zr+2](\[C]1=CC(C2(C)C3CC4CC(C3)CC2C4)=CC1C)[c]1c(C)c(C)cc2c1Cc1cc(C)c(C)cc1-2.[Cl-].[Cl-]. The van der Waals surface area contributed by atoms with Crippen LogP contribution in [0.5, 0.6) is 0 Å². The van der Waals surface area contributed by atoms with Crippen molar-refractivity contribution >= 4 is 6.48 Å². The van der Waals surface area contributed by atoms with Gasteiger partial charge in [-0.3, -0.25) is 0 Å². The number of allylic oxidation sites excluding steroid dienone is 4. The molecule has 0 heterocycles. The predicted octanol–water partition coefficient (Wildman–Crippen LogP) is 3.91. The van der Waals surface area contributed by atoms with E-state index in [0.29, 0.717) is 11.3 Å². The summed E-state index contributed by atoms with van der Waals surface area (Å²) in [5.74, 6) is 4.38. The Bertz CT molecular complexity index is 1740. The molecule has 3 heteroatoms. The molecule has 3 aromatic carbocycles. The third kappa shape index (κ3) is 5.13. The van der Waals surface area contributed by atoms with E-state index in [2.05, 4.69) is 109 Å². The van der Waals surface area contributed by atoms with Crippen molar-refractivity contribution in [2.75, 3.05) is 0 Å². The van der Waals surface area contributed by atoms with Gasteiger partial charge in [0, 0.05) is 0 Å². The van der Waals surface area contributed by atoms with E-state index >= 15 is 0 Å². The molecule has 0 aliphatic heterocycles. The predicted molar refractivity (Wildman–Crippen MR) is 180 cm³/mol. The van der Waals surface area contributed by atoms with Crippen LogP contribution in [-0.4, -0.2) is 3.21 Å². The summed E-state index contributed by atoms with van der Waals surface area (Å²) < 4.78 is 5.31. The van der Waals surface area contributed by atoms with Crippen molar-refractivity contribution in [3.05, 3.63) is 108 Å². The van der Waals surface area contributed by atoms with Crippen LogP contribution in [0.4, 0.5) is 0 Å². The largest absolute Gasteiger partial charge is 1.00 e. The summed E-state index contributed by atoms with van der Waals surface area (Å²) in [7, 11) is 0. The molecule has 4 fully saturated rings. The quantitative estimate of drug-likeness (QED) is 0.301. The number of hydrogen-bond acceptors (Lipinski definition) is 0. The van der Waals surface area contributed by atoms with Crippen LogP contribution in [0.15, 0.2) is 69.5 Å². The summed E-state index contributed by atoms with van der Waals surface area (Å²) in [6.45, 7) is 17.2. The van der Waals surface area contributed by atoms with Gasteiger partial charge in [-0.05, 0) is 0 Å². The first-order valence-corrected chi connectivity index (χ1v) is 20.8. The van der Waals surface area contributed by atoms with Crippen molar-refractivity contribution in [2.24, 2.45) is 35.0 Å². The molecule has 6 aliphatic rings. The number of aryl methyl sites for hydroxylation is 3. The topological polar surface area (TPSA) is 0 Å². The van der Waals surface area contributed by atoms with Crippen molar-refractivity contribution in [3.8, 4) is 11.1 Å². The molecular formula is C42H48Cl2Zr. The number of rotatable bonds is 4. The normalized spacial score (nSPS) is 28.9. The maximum atomic E-state index is 2.83. The Morgan fingerprint density at radius 1 is 0.778 bits per heavy atom. The van der Waals surface area contributed by atoms with Crippen LogP contribution < -0.4 is 28.1 Å². The van der Waals surface area contributed by atoms with Gasteiger partial charge in [0.1, 0.15) is 0 Å². The molecule has 4 bridgehead atoms. The number of fused-ring (bicyclic) bond motifs is 3. The molecule has 0 saturated heterocycles. The molecule has 0 aromatic heterocycles. The molecule has 0 nitrogen and oxygen atoms in total. The van der Waals surface area contributed by atoms with Crippen LogP contribution in [0.25, 0.3) is 11.1 Å². The molecule has 0 amide bonds. The minimum absolute atomic E-state index is 0. The molecule has 3 aromatic rings. The van der Waals surface area contributed by atoms with Crippen molar-refractivity contribution < 1.29 is 46.1 Å². The van der Waals surface area contributed by atoms with Gasteiger partial charge < -0.3 is 24.8 Å². The van der Waals surface area contributed by atoms with Gasteiger partial charge in [-0.15, -0.1) is 0 Å². The maximum absolute atomic E-state index is 2.83. The first-order valence-electron chi connectivity index (χ1n) is 17.1. The van der Waals surface area contributed by atoms with E-state index in [-0.39, 0.29) is 24.8 Å². The van der Waals surface area contributed by atoms with Gasteiger partial charge in [-0.25, -0.2) is 0 Å². The molecule has 0 spiro atoms. The summed E-state index contributed by atoms with van der Waals surface area (Å²) in [5, 5.41) is 0. The Hall–Kier alpha value is -1.53. The Morgan fingerprint density at radius 2 is 1.38 bits per heavy atom. The first-order chi connectivity index (χ1) is 20.6. The van der Waals surface area contributed by atoms with Crippen LogP contribution >= 0.6 is 0 Å². The molecule has 0 radical (unpaired) electrons. The fourth-order valence-corrected chi connectivity index (χ4v) is 19.1. The smallest absolute Gasteiger partial charge is 1.00 e. The van der Waals surface area contributed by atoms with Crippen LogP contribution in [0.3, 0.4) is 0 Å². The zero-order valence-corrected chi connectivity index (χ0v) is 32.1. The van der Waals surface area contributed by atoms with Crippen molar-refractivity contribution in [2.45, 2.75) is 87.0 Å². The Kier molecular flexibility index (Phi) is 9.03. The summed E-state index contributed by atoms with van der Waals surface area (Å²) in [6, 6.07) is 18.9. The van der Waals surface area contributed by atoms with Crippen LogP contribution in [0.2, 0.25) is 0 Å². The van der Waals surface area contributed by atoms with Crippen LogP contribution in [0.1, 0.15) is 91.8 Å². The molecule has 9 rings (SSSR count). The van der Waals surface area contributed by atoms with Gasteiger partial charge >= 0.3 is 269 Å². The third-order valence-corrected chi connectivity index (χ3v) is 21.5. The molecule has 234 valence electrons. The zero-order valence-electron chi connectivity index (χ0n) is 28.2. The minimum atomic E-state index is -2.56. The Labute approximate surface area is 292 Å². The Morgan fingerprint density at radius 3 is 2.02 bits per heavy atom. The molecule has 6 aliphatic carbocycles. The molecule has 45 heavy (non-hydrogen) atoms. The first kappa shape index (κ1) is 33.4. The van der Waals surface area contributed by atoms with E-state index in [1.165, 1.54) is 71.0 Å². The second-order valence-electron chi connectivity index (χ2n) is 15.5. The maximum Gasteiger partial charge on any atom is -1.00 e. The van der Waals surface area contributed by atoms with E-state index < -0.39 is 21.3 Å². The zero-order chi connectivity index (χ0) is 29.8. The summed E-state index contributed by atoms with van der Waals surface area (Å²) in [6.07, 6.45) is 14.2. The summed E-state index contributed by atoms with van der Waals surface area (Å²) in [4.78, 5) is 0. The van der Waals surface area contributed by atoms with Gasteiger partial charge in [0.05, 0.1) is 0 Å². The fraction of sp³-hybridized carbons (Fsp3) is 0.452. The Balaban J connectivity index is 0.00000179. The summed E-state index contributed by atoms with van der Waals surface area (Å²) in [5.41, 5.74) is 15.7. The van der Waals surface area contributed by atoms with Gasteiger partial charge in [0.25, 0.3) is 0 Å². The number of benzene rings is 3. The van der Waals surface area contributed by atoms with E-state index in [4.69, 9.17) is 0 Å². The fourth-order valence-electron chi connectivity index (χ4n) is 10.6. The molecular weight excluding hydrogens is 667 g/mol. The molecule has 1 unspecified atom stereocenters. The van der Waals surface area contributed by atoms with Gasteiger partial charge in [0.15, 0.2) is 0 Å². The van der Waals surface area contributed by atoms with Gasteiger partial charge in [-0.1, -0.05) is 0 Å². The van der Waals surface area contributed by atoms with Crippen molar-refractivity contribution in [1.29, 1.82) is 0 Å². The van der Waals surface area contributed by atoms with Crippen LogP contribution in [-0.2, 0) is 27.7 Å². The van der Waals surface area contributed by atoms with Crippen LogP contribution in [0, 0.1) is 62.7 Å². The van der Waals surface area contributed by atoms with Crippen molar-refractivity contribution in [3.63, 3.8) is 0 Å². The number of halogens is 2. The van der Waals surface area contributed by atoms with E-state index in [1.54, 1.807) is 23.2 Å². The second-order valence-corrected chi connectivity index (χ2v) is 21.8. The average molecular weight is 715 g/mol. The van der Waals surface area contributed by atoms with Gasteiger partial charge in [-0.2, -0.15) is 0 Å². The molecule has 0 N–H and O–H groups in total. The molecule has 4 saturated carbocycles. The van der Waals surface area contributed by atoms with Gasteiger partial charge in [0.2, 0.25) is 0 Å². The third-order valence-electron chi connectivity index (χ3n) is 13.1. The van der Waals surface area contributed by atoms with E-state index in [9.17, 15) is 0 Å². The van der Waals surface area contributed by atoms with Crippen molar-refractivity contribution in [1.82, 2.24) is 0 Å².